The second kappa shape index (κ2) is 8.20. The first-order chi connectivity index (χ1) is 12.9. The van der Waals surface area contributed by atoms with Crippen LogP contribution in [0.25, 0.3) is 0 Å². The third-order valence-corrected chi connectivity index (χ3v) is 4.18. The summed E-state index contributed by atoms with van der Waals surface area (Å²) in [6, 6.07) is 13.1. The number of rotatable bonds is 5. The van der Waals surface area contributed by atoms with Crippen molar-refractivity contribution in [2.45, 2.75) is 26.2 Å². The minimum atomic E-state index is -0.293. The number of carbonyl (C=O) groups is 1. The van der Waals surface area contributed by atoms with E-state index in [1.54, 1.807) is 18.2 Å². The summed E-state index contributed by atoms with van der Waals surface area (Å²) >= 11 is 0. The molecular formula is C21H26N2O4. The Balaban J connectivity index is 1.41. The maximum Gasteiger partial charge on any atom is 0.319 e. The highest BCUT2D eigenvalue weighted by Gasteiger charge is 2.14. The van der Waals surface area contributed by atoms with Crippen molar-refractivity contribution in [3.63, 3.8) is 0 Å². The molecule has 0 atom stereocenters. The Kier molecular flexibility index (Phi) is 5.74. The molecule has 3 rings (SSSR count). The Bertz CT molecular complexity index is 782. The van der Waals surface area contributed by atoms with E-state index < -0.39 is 0 Å². The van der Waals surface area contributed by atoms with Crippen molar-refractivity contribution in [2.75, 3.05) is 31.7 Å². The van der Waals surface area contributed by atoms with E-state index >= 15 is 0 Å². The van der Waals surface area contributed by atoms with Crippen LogP contribution >= 0.6 is 0 Å². The van der Waals surface area contributed by atoms with E-state index in [0.717, 1.165) is 5.75 Å². The van der Waals surface area contributed by atoms with Crippen molar-refractivity contribution in [3.8, 4) is 17.2 Å². The van der Waals surface area contributed by atoms with E-state index in [-0.39, 0.29) is 11.4 Å². The number of ether oxygens (including phenoxy) is 3. The van der Waals surface area contributed by atoms with Crippen molar-refractivity contribution in [1.82, 2.24) is 5.32 Å². The number of hydrogen-bond donors (Lipinski definition) is 2. The topological polar surface area (TPSA) is 68.8 Å². The third kappa shape index (κ3) is 5.29. The lowest BCUT2D eigenvalue weighted by Gasteiger charge is -2.19. The molecule has 1 aliphatic heterocycles. The van der Waals surface area contributed by atoms with Gasteiger partial charge in [0.2, 0.25) is 0 Å². The fourth-order valence-electron chi connectivity index (χ4n) is 2.68. The largest absolute Gasteiger partial charge is 0.492 e. The lowest BCUT2D eigenvalue weighted by Crippen LogP contribution is -2.32. The quantitative estimate of drug-likeness (QED) is 0.782. The molecule has 0 saturated carbocycles. The molecule has 1 heterocycles. The summed E-state index contributed by atoms with van der Waals surface area (Å²) in [5.74, 6) is 2.12. The molecule has 6 nitrogen and oxygen atoms in total. The fraction of sp³-hybridized carbons (Fsp3) is 0.381. The lowest BCUT2D eigenvalue weighted by molar-refractivity contribution is 0.171. The second-order valence-electron chi connectivity index (χ2n) is 7.36. The highest BCUT2D eigenvalue weighted by molar-refractivity contribution is 5.89. The van der Waals surface area contributed by atoms with Crippen LogP contribution in [0.2, 0.25) is 0 Å². The normalized spacial score (nSPS) is 13.0. The predicted molar refractivity (Wildman–Crippen MR) is 105 cm³/mol. The molecule has 144 valence electrons. The van der Waals surface area contributed by atoms with Gasteiger partial charge in [-0.2, -0.15) is 0 Å². The molecule has 0 fully saturated rings. The highest BCUT2D eigenvalue weighted by atomic mass is 16.6. The number of amides is 2. The Morgan fingerprint density at radius 3 is 2.44 bits per heavy atom. The van der Waals surface area contributed by atoms with E-state index in [4.69, 9.17) is 14.2 Å². The van der Waals surface area contributed by atoms with Crippen LogP contribution in [0.1, 0.15) is 26.3 Å². The van der Waals surface area contributed by atoms with Gasteiger partial charge in [-0.3, -0.25) is 0 Å². The minimum Gasteiger partial charge on any atom is -0.492 e. The summed E-state index contributed by atoms with van der Waals surface area (Å²) < 4.78 is 16.6. The van der Waals surface area contributed by atoms with Gasteiger partial charge < -0.3 is 24.8 Å². The molecule has 2 aromatic carbocycles. The number of carbonyl (C=O) groups excluding carboxylic acids is 1. The highest BCUT2D eigenvalue weighted by Crippen LogP contribution is 2.32. The van der Waals surface area contributed by atoms with Crippen LogP contribution in [0.3, 0.4) is 0 Å². The van der Waals surface area contributed by atoms with Crippen LogP contribution in [0.4, 0.5) is 10.5 Å². The molecule has 0 aromatic heterocycles. The molecule has 0 bridgehead atoms. The fourth-order valence-corrected chi connectivity index (χ4v) is 2.68. The number of benzene rings is 2. The summed E-state index contributed by atoms with van der Waals surface area (Å²) in [7, 11) is 0. The van der Waals surface area contributed by atoms with Gasteiger partial charge in [-0.1, -0.05) is 32.9 Å². The lowest BCUT2D eigenvalue weighted by atomic mass is 9.87. The van der Waals surface area contributed by atoms with E-state index in [0.29, 0.717) is 43.6 Å². The number of fused-ring (bicyclic) bond motifs is 1. The first-order valence-corrected chi connectivity index (χ1v) is 9.10. The van der Waals surface area contributed by atoms with Gasteiger partial charge >= 0.3 is 6.03 Å². The maximum absolute atomic E-state index is 12.0. The van der Waals surface area contributed by atoms with Gasteiger partial charge in [0.15, 0.2) is 11.5 Å². The minimum absolute atomic E-state index is 0.117. The molecule has 0 spiro atoms. The Labute approximate surface area is 159 Å². The number of hydrogen-bond acceptors (Lipinski definition) is 4. The molecule has 0 unspecified atom stereocenters. The SMILES string of the molecule is CC(C)(C)c1ccc(OCCNC(=O)Nc2ccc3c(c2)OCCO3)cc1. The smallest absolute Gasteiger partial charge is 0.319 e. The molecular weight excluding hydrogens is 344 g/mol. The zero-order valence-electron chi connectivity index (χ0n) is 16.0. The predicted octanol–water partition coefficient (Wildman–Crippen LogP) is 3.96. The molecule has 2 N–H and O–H groups in total. The Morgan fingerprint density at radius 2 is 1.74 bits per heavy atom. The Hall–Kier alpha value is -2.89. The van der Waals surface area contributed by atoms with Crippen LogP contribution in [-0.2, 0) is 5.41 Å². The maximum atomic E-state index is 12.0. The first-order valence-electron chi connectivity index (χ1n) is 9.10. The van der Waals surface area contributed by atoms with Gasteiger partial charge in [-0.25, -0.2) is 4.79 Å². The molecule has 27 heavy (non-hydrogen) atoms. The third-order valence-electron chi connectivity index (χ3n) is 4.18. The van der Waals surface area contributed by atoms with Gasteiger partial charge in [0.1, 0.15) is 25.6 Å². The molecule has 0 radical (unpaired) electrons. The summed E-state index contributed by atoms with van der Waals surface area (Å²) in [4.78, 5) is 12.0. The second-order valence-corrected chi connectivity index (χ2v) is 7.36. The zero-order chi connectivity index (χ0) is 19.3. The van der Waals surface area contributed by atoms with Crippen LogP contribution in [0.5, 0.6) is 17.2 Å². The number of urea groups is 1. The van der Waals surface area contributed by atoms with Crippen molar-refractivity contribution < 1.29 is 19.0 Å². The number of nitrogens with one attached hydrogen (secondary N) is 2. The molecule has 1 aliphatic rings. The molecule has 6 heteroatoms. The van der Waals surface area contributed by atoms with Gasteiger partial charge in [-0.05, 0) is 35.2 Å². The first kappa shape index (κ1) is 18.9. The monoisotopic (exact) mass is 370 g/mol. The van der Waals surface area contributed by atoms with Crippen molar-refractivity contribution in [2.24, 2.45) is 0 Å². The van der Waals surface area contributed by atoms with E-state index in [2.05, 4.69) is 43.5 Å². The summed E-state index contributed by atoms with van der Waals surface area (Å²) in [5, 5.41) is 5.54. The van der Waals surface area contributed by atoms with Gasteiger partial charge in [0.25, 0.3) is 0 Å². The van der Waals surface area contributed by atoms with Gasteiger partial charge in [0, 0.05) is 11.8 Å². The van der Waals surface area contributed by atoms with Crippen LogP contribution in [-0.4, -0.2) is 32.4 Å². The number of anilines is 1. The van der Waals surface area contributed by atoms with Gasteiger partial charge in [-0.15, -0.1) is 0 Å². The standard InChI is InChI=1S/C21H26N2O4/c1-21(2,3)15-4-7-17(8-5-15)25-11-10-22-20(24)23-16-6-9-18-19(14-16)27-13-12-26-18/h4-9,14H,10-13H2,1-3H3,(H2,22,23,24). The average Bonchev–Trinajstić information content (AvgIpc) is 2.65. The van der Waals surface area contributed by atoms with E-state index in [1.165, 1.54) is 5.56 Å². The Morgan fingerprint density at radius 1 is 1.04 bits per heavy atom. The molecule has 0 saturated heterocycles. The van der Waals surface area contributed by atoms with Crippen molar-refractivity contribution in [1.29, 1.82) is 0 Å². The summed E-state index contributed by atoms with van der Waals surface area (Å²) in [6.45, 7) is 8.37. The molecule has 2 amide bonds. The zero-order valence-corrected chi connectivity index (χ0v) is 16.0. The summed E-state index contributed by atoms with van der Waals surface area (Å²) in [6.07, 6.45) is 0. The average molecular weight is 370 g/mol. The van der Waals surface area contributed by atoms with Crippen LogP contribution in [0, 0.1) is 0 Å². The van der Waals surface area contributed by atoms with Crippen molar-refractivity contribution >= 4 is 11.7 Å². The van der Waals surface area contributed by atoms with Crippen LogP contribution < -0.4 is 24.8 Å². The summed E-state index contributed by atoms with van der Waals surface area (Å²) in [5.41, 5.74) is 2.02. The van der Waals surface area contributed by atoms with E-state index in [9.17, 15) is 4.79 Å². The van der Waals surface area contributed by atoms with Crippen LogP contribution in [0.15, 0.2) is 42.5 Å². The molecule has 2 aromatic rings. The molecule has 0 aliphatic carbocycles. The van der Waals surface area contributed by atoms with E-state index in [1.807, 2.05) is 12.1 Å². The van der Waals surface area contributed by atoms with Crippen molar-refractivity contribution in [3.05, 3.63) is 48.0 Å². The van der Waals surface area contributed by atoms with Gasteiger partial charge in [0.05, 0.1) is 6.54 Å².